The number of hydrogen-bond acceptors (Lipinski definition) is 5. The first kappa shape index (κ1) is 17.7. The summed E-state index contributed by atoms with van der Waals surface area (Å²) >= 11 is 0. The van der Waals surface area contributed by atoms with E-state index in [0.29, 0.717) is 12.1 Å². The van der Waals surface area contributed by atoms with E-state index in [4.69, 9.17) is 4.74 Å². The Morgan fingerprint density at radius 3 is 2.68 bits per heavy atom. The average molecular weight is 372 g/mol. The molecule has 0 amide bonds. The Morgan fingerprint density at radius 2 is 1.93 bits per heavy atom. The topological polar surface area (TPSA) is 68.5 Å². The van der Waals surface area contributed by atoms with Crippen LogP contribution in [0.25, 0.3) is 16.9 Å². The van der Waals surface area contributed by atoms with E-state index in [0.717, 1.165) is 34.0 Å². The second-order valence-corrected chi connectivity index (χ2v) is 6.47. The van der Waals surface area contributed by atoms with Gasteiger partial charge >= 0.3 is 0 Å². The molecule has 0 atom stereocenters. The van der Waals surface area contributed by atoms with E-state index in [-0.39, 0.29) is 5.78 Å². The van der Waals surface area contributed by atoms with Crippen molar-refractivity contribution >= 4 is 17.2 Å². The number of carbonyl (C=O) groups is 1. The van der Waals surface area contributed by atoms with Gasteiger partial charge in [0, 0.05) is 17.7 Å². The number of carbonyl (C=O) groups excluding carboxylic acids is 1. The molecule has 0 unspecified atom stereocenters. The van der Waals surface area contributed by atoms with Crippen LogP contribution in [0.1, 0.15) is 22.8 Å². The van der Waals surface area contributed by atoms with Gasteiger partial charge in [-0.15, -0.1) is 5.10 Å². The molecule has 2 aromatic carbocycles. The fraction of sp³-hybridized carbons (Fsp3) is 0.136. The van der Waals surface area contributed by atoms with Crippen LogP contribution in [0, 0.1) is 0 Å². The van der Waals surface area contributed by atoms with Gasteiger partial charge in [0.1, 0.15) is 11.6 Å². The zero-order chi connectivity index (χ0) is 19.5. The van der Waals surface area contributed by atoms with Gasteiger partial charge in [-0.25, -0.2) is 9.50 Å². The molecular formula is C22H20N4O2. The van der Waals surface area contributed by atoms with Crippen LogP contribution >= 0.6 is 0 Å². The number of methoxy groups -OCH3 is 1. The second-order valence-electron chi connectivity index (χ2n) is 6.47. The van der Waals surface area contributed by atoms with E-state index in [1.807, 2.05) is 60.7 Å². The highest BCUT2D eigenvalue weighted by molar-refractivity contribution is 5.95. The van der Waals surface area contributed by atoms with Crippen LogP contribution in [0.5, 0.6) is 5.75 Å². The molecule has 0 saturated heterocycles. The maximum atomic E-state index is 11.7. The van der Waals surface area contributed by atoms with Crippen molar-refractivity contribution in [1.82, 2.24) is 14.6 Å². The van der Waals surface area contributed by atoms with Crippen LogP contribution in [0.3, 0.4) is 0 Å². The summed E-state index contributed by atoms with van der Waals surface area (Å²) < 4.78 is 6.97. The van der Waals surface area contributed by atoms with Crippen LogP contribution < -0.4 is 10.1 Å². The fourth-order valence-electron chi connectivity index (χ4n) is 3.00. The molecule has 4 aromatic rings. The Labute approximate surface area is 162 Å². The number of hydrogen-bond donors (Lipinski definition) is 1. The van der Waals surface area contributed by atoms with E-state index >= 15 is 0 Å². The smallest absolute Gasteiger partial charge is 0.159 e. The van der Waals surface area contributed by atoms with Gasteiger partial charge in [0.05, 0.1) is 19.0 Å². The minimum atomic E-state index is 0.0328. The maximum Gasteiger partial charge on any atom is 0.159 e. The maximum absolute atomic E-state index is 11.7. The summed E-state index contributed by atoms with van der Waals surface area (Å²) in [5, 5.41) is 8.00. The van der Waals surface area contributed by atoms with Crippen molar-refractivity contribution in [3.05, 3.63) is 78.0 Å². The molecular weight excluding hydrogens is 352 g/mol. The highest BCUT2D eigenvalue weighted by atomic mass is 16.5. The quantitative estimate of drug-likeness (QED) is 0.513. The van der Waals surface area contributed by atoms with Crippen LogP contribution in [-0.2, 0) is 6.54 Å². The first-order chi connectivity index (χ1) is 13.6. The van der Waals surface area contributed by atoms with Crippen molar-refractivity contribution in [3.8, 4) is 17.0 Å². The molecule has 1 N–H and O–H groups in total. The molecule has 2 aromatic heterocycles. The second kappa shape index (κ2) is 7.52. The minimum absolute atomic E-state index is 0.0328. The van der Waals surface area contributed by atoms with Crippen molar-refractivity contribution in [2.45, 2.75) is 13.5 Å². The molecule has 2 heterocycles. The van der Waals surface area contributed by atoms with Gasteiger partial charge < -0.3 is 10.1 Å². The van der Waals surface area contributed by atoms with Crippen LogP contribution in [0.4, 0.5) is 5.82 Å². The van der Waals surface area contributed by atoms with Crippen LogP contribution in [0.15, 0.2) is 66.9 Å². The third-order valence-corrected chi connectivity index (χ3v) is 4.56. The third-order valence-electron chi connectivity index (χ3n) is 4.56. The molecule has 0 aliphatic rings. The molecule has 0 bridgehead atoms. The zero-order valence-electron chi connectivity index (χ0n) is 15.7. The highest BCUT2D eigenvalue weighted by Gasteiger charge is 2.10. The summed E-state index contributed by atoms with van der Waals surface area (Å²) in [5.74, 6) is 1.61. The number of Topliss-reactive ketones (excluding diaryl/α,β-unsaturated/α-hetero) is 1. The van der Waals surface area contributed by atoms with Crippen molar-refractivity contribution in [3.63, 3.8) is 0 Å². The van der Waals surface area contributed by atoms with Gasteiger partial charge in [0.15, 0.2) is 11.4 Å². The summed E-state index contributed by atoms with van der Waals surface area (Å²) in [6.07, 6.45) is 1.77. The van der Waals surface area contributed by atoms with E-state index in [1.54, 1.807) is 24.7 Å². The summed E-state index contributed by atoms with van der Waals surface area (Å²) in [5.41, 5.74) is 4.29. The van der Waals surface area contributed by atoms with Gasteiger partial charge in [-0.2, -0.15) is 0 Å². The van der Waals surface area contributed by atoms with Crippen molar-refractivity contribution in [2.75, 3.05) is 12.4 Å². The van der Waals surface area contributed by atoms with Crippen molar-refractivity contribution in [2.24, 2.45) is 0 Å². The molecule has 6 heteroatoms. The number of ether oxygens (including phenoxy) is 1. The lowest BCUT2D eigenvalue weighted by atomic mass is 10.1. The molecule has 4 rings (SSSR count). The number of anilines is 1. The number of aromatic nitrogens is 3. The van der Waals surface area contributed by atoms with Gasteiger partial charge in [0.2, 0.25) is 0 Å². The van der Waals surface area contributed by atoms with Crippen molar-refractivity contribution in [1.29, 1.82) is 0 Å². The average Bonchev–Trinajstić information content (AvgIpc) is 3.16. The van der Waals surface area contributed by atoms with E-state index in [2.05, 4.69) is 15.4 Å². The molecule has 0 spiro atoms. The molecule has 0 fully saturated rings. The highest BCUT2D eigenvalue weighted by Crippen LogP contribution is 2.22. The molecule has 28 heavy (non-hydrogen) atoms. The standard InChI is InChI=1S/C22H20N4O2/c1-15(27)17-4-3-5-18(12-17)20-14-24-22-11-10-21(25-26(20)22)23-13-16-6-8-19(28-2)9-7-16/h3-12,14H,13H2,1-2H3,(H,23,25). The summed E-state index contributed by atoms with van der Waals surface area (Å²) in [7, 11) is 1.65. The van der Waals surface area contributed by atoms with Crippen molar-refractivity contribution < 1.29 is 9.53 Å². The summed E-state index contributed by atoms with van der Waals surface area (Å²) in [4.78, 5) is 16.1. The molecule has 0 aliphatic heterocycles. The molecule has 0 saturated carbocycles. The van der Waals surface area contributed by atoms with Gasteiger partial charge in [0.25, 0.3) is 0 Å². The first-order valence-corrected chi connectivity index (χ1v) is 8.97. The van der Waals surface area contributed by atoms with Gasteiger partial charge in [-0.1, -0.05) is 30.3 Å². The SMILES string of the molecule is COc1ccc(CNc2ccc3ncc(-c4cccc(C(C)=O)c4)n3n2)cc1. The minimum Gasteiger partial charge on any atom is -0.497 e. The van der Waals surface area contributed by atoms with E-state index < -0.39 is 0 Å². The predicted octanol–water partition coefficient (Wildman–Crippen LogP) is 4.22. The Bertz CT molecular complexity index is 1130. The zero-order valence-corrected chi connectivity index (χ0v) is 15.7. The normalized spacial score (nSPS) is 10.8. The fourth-order valence-corrected chi connectivity index (χ4v) is 3.00. The Balaban J connectivity index is 1.60. The summed E-state index contributed by atoms with van der Waals surface area (Å²) in [6.45, 7) is 2.21. The molecule has 0 radical (unpaired) electrons. The number of nitrogens with zero attached hydrogens (tertiary/aromatic N) is 3. The number of benzene rings is 2. The lowest BCUT2D eigenvalue weighted by Crippen LogP contribution is -2.04. The Hall–Kier alpha value is -3.67. The Kier molecular flexibility index (Phi) is 4.76. The molecule has 140 valence electrons. The van der Waals surface area contributed by atoms with Gasteiger partial charge in [-0.05, 0) is 42.8 Å². The number of nitrogens with one attached hydrogen (secondary N) is 1. The number of imidazole rings is 1. The molecule has 0 aliphatic carbocycles. The number of rotatable bonds is 6. The number of ketones is 1. The lowest BCUT2D eigenvalue weighted by Gasteiger charge is -2.08. The first-order valence-electron chi connectivity index (χ1n) is 8.97. The Morgan fingerprint density at radius 1 is 1.11 bits per heavy atom. The van der Waals surface area contributed by atoms with Crippen LogP contribution in [0.2, 0.25) is 0 Å². The largest absolute Gasteiger partial charge is 0.497 e. The van der Waals surface area contributed by atoms with E-state index in [9.17, 15) is 4.79 Å². The van der Waals surface area contributed by atoms with Crippen LogP contribution in [-0.4, -0.2) is 27.5 Å². The van der Waals surface area contributed by atoms with E-state index in [1.165, 1.54) is 0 Å². The predicted molar refractivity (Wildman–Crippen MR) is 109 cm³/mol. The summed E-state index contributed by atoms with van der Waals surface area (Å²) in [6, 6.07) is 19.2. The lowest BCUT2D eigenvalue weighted by molar-refractivity contribution is 0.101. The molecule has 6 nitrogen and oxygen atoms in total. The van der Waals surface area contributed by atoms with Gasteiger partial charge in [-0.3, -0.25) is 4.79 Å². The number of fused-ring (bicyclic) bond motifs is 1. The monoisotopic (exact) mass is 372 g/mol. The third kappa shape index (κ3) is 3.57.